The summed E-state index contributed by atoms with van der Waals surface area (Å²) in [7, 11) is -3.77. The molecule has 33 heavy (non-hydrogen) atoms. The van der Waals surface area contributed by atoms with Gasteiger partial charge in [-0.15, -0.1) is 0 Å². The Labute approximate surface area is 196 Å². The number of benzene rings is 3. The second-order valence-electron chi connectivity index (χ2n) is 7.48. The Bertz CT molecular complexity index is 1250. The molecule has 0 aromatic heterocycles. The highest BCUT2D eigenvalue weighted by Gasteiger charge is 2.29. The summed E-state index contributed by atoms with van der Waals surface area (Å²) in [5.41, 5.74) is 6.94. The number of carbonyl (C=O) groups excluding carboxylic acids is 1. The Balaban J connectivity index is 1.41. The minimum Gasteiger partial charge on any atom is -0.369 e. The van der Waals surface area contributed by atoms with Gasteiger partial charge in [-0.05, 0) is 60.7 Å². The van der Waals surface area contributed by atoms with E-state index in [4.69, 9.17) is 11.6 Å². The zero-order chi connectivity index (χ0) is 23.4. The molecule has 4 rings (SSSR count). The molecule has 1 saturated heterocycles. The second kappa shape index (κ2) is 9.78. The minimum atomic E-state index is -3.77. The molecule has 2 N–H and O–H groups in total. The summed E-state index contributed by atoms with van der Waals surface area (Å²) in [6, 6.07) is 18.9. The first-order valence-electron chi connectivity index (χ1n) is 10.3. The van der Waals surface area contributed by atoms with Crippen molar-refractivity contribution in [1.29, 1.82) is 0 Å². The van der Waals surface area contributed by atoms with Crippen LogP contribution in [-0.2, 0) is 10.0 Å². The Kier molecular flexibility index (Phi) is 6.83. The van der Waals surface area contributed by atoms with Gasteiger partial charge >= 0.3 is 0 Å². The lowest BCUT2D eigenvalue weighted by Crippen LogP contribution is -2.48. The van der Waals surface area contributed by atoms with Crippen molar-refractivity contribution in [1.82, 2.24) is 9.73 Å². The van der Waals surface area contributed by atoms with E-state index in [0.717, 1.165) is 5.69 Å². The lowest BCUT2D eigenvalue weighted by Gasteiger charge is -2.35. The van der Waals surface area contributed by atoms with Crippen LogP contribution in [0, 0.1) is 5.82 Å². The standard InChI is InChI=1S/C23H22ClFN4O3S/c24-18-4-2-5-20(16-18)26-27-23(30)17-3-1-6-22(15-17)33(31,32)29-13-11-28(12-14-29)21-9-7-19(25)8-10-21/h1-10,15-16,26H,11-14H2,(H,27,30). The highest BCUT2D eigenvalue weighted by Crippen LogP contribution is 2.22. The first kappa shape index (κ1) is 23.0. The summed E-state index contributed by atoms with van der Waals surface area (Å²) in [4.78, 5) is 14.6. The SMILES string of the molecule is O=C(NNc1cccc(Cl)c1)c1cccc(S(=O)(=O)N2CCN(c3ccc(F)cc3)CC2)c1. The van der Waals surface area contributed by atoms with Gasteiger partial charge in [-0.25, -0.2) is 12.8 Å². The number of nitrogens with zero attached hydrogens (tertiary/aromatic N) is 2. The van der Waals surface area contributed by atoms with E-state index in [1.54, 1.807) is 42.5 Å². The molecule has 1 aliphatic heterocycles. The molecule has 1 aliphatic rings. The molecule has 0 atom stereocenters. The van der Waals surface area contributed by atoms with Gasteiger partial charge in [0.05, 0.1) is 10.6 Å². The van der Waals surface area contributed by atoms with E-state index in [9.17, 15) is 17.6 Å². The van der Waals surface area contributed by atoms with E-state index in [1.807, 2.05) is 4.90 Å². The molecule has 0 unspecified atom stereocenters. The molecule has 3 aromatic carbocycles. The molecule has 0 spiro atoms. The van der Waals surface area contributed by atoms with Gasteiger partial charge in [-0.1, -0.05) is 23.7 Å². The van der Waals surface area contributed by atoms with Crippen molar-refractivity contribution in [3.8, 4) is 0 Å². The Morgan fingerprint density at radius 2 is 1.61 bits per heavy atom. The third kappa shape index (κ3) is 5.44. The van der Waals surface area contributed by atoms with Crippen LogP contribution in [-0.4, -0.2) is 44.8 Å². The number of rotatable bonds is 6. The maximum absolute atomic E-state index is 13.2. The number of hydrazine groups is 1. The van der Waals surface area contributed by atoms with Crippen LogP contribution >= 0.6 is 11.6 Å². The highest BCUT2D eigenvalue weighted by atomic mass is 35.5. The Hall–Kier alpha value is -3.14. The fourth-order valence-electron chi connectivity index (χ4n) is 3.55. The van der Waals surface area contributed by atoms with Crippen LogP contribution in [0.15, 0.2) is 77.7 Å². The van der Waals surface area contributed by atoms with Crippen LogP contribution in [0.2, 0.25) is 5.02 Å². The van der Waals surface area contributed by atoms with Gasteiger partial charge in [0.1, 0.15) is 5.82 Å². The fraction of sp³-hybridized carbons (Fsp3) is 0.174. The largest absolute Gasteiger partial charge is 0.369 e. The predicted molar refractivity (Wildman–Crippen MR) is 126 cm³/mol. The van der Waals surface area contributed by atoms with Crippen LogP contribution in [0.3, 0.4) is 0 Å². The third-order valence-electron chi connectivity index (χ3n) is 5.31. The molecular formula is C23H22ClFN4O3S. The number of hydrogen-bond donors (Lipinski definition) is 2. The molecule has 0 aliphatic carbocycles. The number of hydrogen-bond acceptors (Lipinski definition) is 5. The van der Waals surface area contributed by atoms with Crippen LogP contribution in [0.1, 0.15) is 10.4 Å². The van der Waals surface area contributed by atoms with Crippen molar-refractivity contribution in [2.24, 2.45) is 0 Å². The van der Waals surface area contributed by atoms with E-state index in [-0.39, 0.29) is 29.4 Å². The van der Waals surface area contributed by atoms with E-state index in [2.05, 4.69) is 10.9 Å². The lowest BCUT2D eigenvalue weighted by molar-refractivity contribution is 0.0962. The number of carbonyl (C=O) groups is 1. The van der Waals surface area contributed by atoms with E-state index < -0.39 is 15.9 Å². The molecule has 0 saturated carbocycles. The number of sulfonamides is 1. The summed E-state index contributed by atoms with van der Waals surface area (Å²) in [5, 5.41) is 0.516. The number of halogens is 2. The molecule has 1 amide bonds. The van der Waals surface area contributed by atoms with Crippen LogP contribution in [0.4, 0.5) is 15.8 Å². The number of amides is 1. The summed E-state index contributed by atoms with van der Waals surface area (Å²) in [6.07, 6.45) is 0. The summed E-state index contributed by atoms with van der Waals surface area (Å²) in [5.74, 6) is -0.792. The highest BCUT2D eigenvalue weighted by molar-refractivity contribution is 7.89. The van der Waals surface area contributed by atoms with Gasteiger partial charge < -0.3 is 4.90 Å². The van der Waals surface area contributed by atoms with Crippen molar-refractivity contribution >= 4 is 38.9 Å². The van der Waals surface area contributed by atoms with E-state index in [0.29, 0.717) is 23.8 Å². The maximum atomic E-state index is 13.2. The average Bonchev–Trinajstić information content (AvgIpc) is 2.83. The number of anilines is 2. The Morgan fingerprint density at radius 3 is 2.30 bits per heavy atom. The van der Waals surface area contributed by atoms with Gasteiger partial charge in [0, 0.05) is 42.5 Å². The van der Waals surface area contributed by atoms with Crippen molar-refractivity contribution < 1.29 is 17.6 Å². The van der Waals surface area contributed by atoms with Gasteiger partial charge in [0.15, 0.2) is 0 Å². The molecule has 0 bridgehead atoms. The lowest BCUT2D eigenvalue weighted by atomic mass is 10.2. The van der Waals surface area contributed by atoms with Gasteiger partial charge in [-0.2, -0.15) is 4.31 Å². The molecule has 7 nitrogen and oxygen atoms in total. The zero-order valence-electron chi connectivity index (χ0n) is 17.5. The molecule has 1 heterocycles. The smallest absolute Gasteiger partial charge is 0.269 e. The predicted octanol–water partition coefficient (Wildman–Crippen LogP) is 3.75. The normalized spacial score (nSPS) is 14.7. The van der Waals surface area contributed by atoms with Crippen molar-refractivity contribution in [3.05, 3.63) is 89.2 Å². The molecular weight excluding hydrogens is 467 g/mol. The monoisotopic (exact) mass is 488 g/mol. The van der Waals surface area contributed by atoms with Crippen LogP contribution < -0.4 is 15.8 Å². The van der Waals surface area contributed by atoms with E-state index in [1.165, 1.54) is 34.6 Å². The molecule has 3 aromatic rings. The quantitative estimate of drug-likeness (QED) is 0.516. The molecule has 0 radical (unpaired) electrons. The van der Waals surface area contributed by atoms with Crippen molar-refractivity contribution in [2.45, 2.75) is 4.90 Å². The van der Waals surface area contributed by atoms with Crippen LogP contribution in [0.5, 0.6) is 0 Å². The minimum absolute atomic E-state index is 0.0492. The average molecular weight is 489 g/mol. The molecule has 172 valence electrons. The zero-order valence-corrected chi connectivity index (χ0v) is 19.1. The molecule has 1 fully saturated rings. The van der Waals surface area contributed by atoms with Gasteiger partial charge in [-0.3, -0.25) is 15.6 Å². The topological polar surface area (TPSA) is 81.8 Å². The Morgan fingerprint density at radius 1 is 0.909 bits per heavy atom. The summed E-state index contributed by atoms with van der Waals surface area (Å²) in [6.45, 7) is 1.53. The summed E-state index contributed by atoms with van der Waals surface area (Å²) < 4.78 is 40.9. The molecule has 10 heteroatoms. The van der Waals surface area contributed by atoms with E-state index >= 15 is 0 Å². The number of piperazine rings is 1. The van der Waals surface area contributed by atoms with Crippen molar-refractivity contribution in [3.63, 3.8) is 0 Å². The second-order valence-corrected chi connectivity index (χ2v) is 9.86. The maximum Gasteiger partial charge on any atom is 0.269 e. The van der Waals surface area contributed by atoms with Crippen LogP contribution in [0.25, 0.3) is 0 Å². The summed E-state index contributed by atoms with van der Waals surface area (Å²) >= 11 is 5.93. The van der Waals surface area contributed by atoms with Crippen molar-refractivity contribution in [2.75, 3.05) is 36.5 Å². The first-order valence-corrected chi connectivity index (χ1v) is 12.1. The van der Waals surface area contributed by atoms with Gasteiger partial charge in [0.2, 0.25) is 10.0 Å². The van der Waals surface area contributed by atoms with Gasteiger partial charge in [0.25, 0.3) is 5.91 Å². The first-order chi connectivity index (χ1) is 15.8. The number of nitrogens with one attached hydrogen (secondary N) is 2. The third-order valence-corrected chi connectivity index (χ3v) is 7.44. The fourth-order valence-corrected chi connectivity index (χ4v) is 5.21.